The van der Waals surface area contributed by atoms with Crippen LogP contribution in [-0.4, -0.2) is 42.9 Å². The molecule has 0 radical (unpaired) electrons. The molecule has 0 atom stereocenters. The van der Waals surface area contributed by atoms with Gasteiger partial charge in [-0.25, -0.2) is 0 Å². The van der Waals surface area contributed by atoms with E-state index in [1.54, 1.807) is 12.0 Å². The van der Waals surface area contributed by atoms with Crippen LogP contribution in [0.15, 0.2) is 22.7 Å². The van der Waals surface area contributed by atoms with Crippen LogP contribution in [0.3, 0.4) is 0 Å². The Labute approximate surface area is 138 Å². The summed E-state index contributed by atoms with van der Waals surface area (Å²) in [5.41, 5.74) is 0.724. The topological polar surface area (TPSA) is 29.5 Å². The lowest BCUT2D eigenvalue weighted by atomic mass is 10.2. The molecule has 0 saturated carbocycles. The fourth-order valence-corrected chi connectivity index (χ4v) is 2.81. The van der Waals surface area contributed by atoms with E-state index in [0.29, 0.717) is 19.7 Å². The second-order valence-corrected chi connectivity index (χ2v) is 6.47. The van der Waals surface area contributed by atoms with Gasteiger partial charge in [0.05, 0.1) is 12.2 Å². The fourth-order valence-electron chi connectivity index (χ4n) is 1.45. The zero-order chi connectivity index (χ0) is 13.5. The summed E-state index contributed by atoms with van der Waals surface area (Å²) >= 11 is 8.95. The molecule has 1 rings (SSSR count). The van der Waals surface area contributed by atoms with Crippen LogP contribution in [0.1, 0.15) is 10.4 Å². The number of ether oxygens (including phenoxy) is 1. The number of hydrogen-bond acceptors (Lipinski definition) is 2. The number of nitrogens with zero attached hydrogens (tertiary/aromatic N) is 1. The highest BCUT2D eigenvalue weighted by atomic mass is 127. The van der Waals surface area contributed by atoms with Gasteiger partial charge in [-0.2, -0.15) is 0 Å². The molecule has 1 amide bonds. The van der Waals surface area contributed by atoms with Crippen LogP contribution in [0, 0.1) is 3.57 Å². The Bertz CT molecular complexity index is 415. The molecule has 18 heavy (non-hydrogen) atoms. The summed E-state index contributed by atoms with van der Waals surface area (Å²) in [5.74, 6) is 0.0391. The van der Waals surface area contributed by atoms with E-state index in [1.807, 2.05) is 18.2 Å². The van der Waals surface area contributed by atoms with Crippen molar-refractivity contribution in [3.63, 3.8) is 0 Å². The van der Waals surface area contributed by atoms with Gasteiger partial charge in [0.15, 0.2) is 0 Å². The molecule has 6 heteroatoms. The number of benzene rings is 1. The molecular formula is C12H14Br2INO2. The number of alkyl halides is 1. The summed E-state index contributed by atoms with van der Waals surface area (Å²) < 4.78 is 6.91. The standard InChI is InChI=1S/C12H14Br2INO2/c1-18-7-6-16(5-4-13)12(17)10-8-9(14)2-3-11(10)15/h2-3,8H,4-7H2,1H3. The van der Waals surface area contributed by atoms with Gasteiger partial charge in [-0.1, -0.05) is 31.9 Å². The molecule has 0 aliphatic rings. The number of carbonyl (C=O) groups excluding carboxylic acids is 1. The SMILES string of the molecule is COCCN(CCBr)C(=O)c1cc(Br)ccc1I. The molecule has 0 bridgehead atoms. The van der Waals surface area contributed by atoms with E-state index in [-0.39, 0.29) is 5.91 Å². The Morgan fingerprint density at radius 1 is 1.44 bits per heavy atom. The molecule has 1 aromatic carbocycles. The van der Waals surface area contributed by atoms with Gasteiger partial charge in [0.1, 0.15) is 0 Å². The van der Waals surface area contributed by atoms with Crippen molar-refractivity contribution >= 4 is 60.4 Å². The minimum absolute atomic E-state index is 0.0391. The lowest BCUT2D eigenvalue weighted by Crippen LogP contribution is -2.35. The number of rotatable bonds is 6. The van der Waals surface area contributed by atoms with Gasteiger partial charge in [0.25, 0.3) is 5.91 Å². The number of halogens is 3. The molecule has 0 aliphatic carbocycles. The maximum atomic E-state index is 12.4. The number of amides is 1. The van der Waals surface area contributed by atoms with Crippen molar-refractivity contribution in [3.05, 3.63) is 31.8 Å². The van der Waals surface area contributed by atoms with Crippen molar-refractivity contribution in [2.75, 3.05) is 32.1 Å². The van der Waals surface area contributed by atoms with Crippen LogP contribution in [0.25, 0.3) is 0 Å². The van der Waals surface area contributed by atoms with E-state index in [2.05, 4.69) is 54.5 Å². The van der Waals surface area contributed by atoms with Gasteiger partial charge < -0.3 is 9.64 Å². The fraction of sp³-hybridized carbons (Fsp3) is 0.417. The van der Waals surface area contributed by atoms with Gasteiger partial charge in [-0.15, -0.1) is 0 Å². The largest absolute Gasteiger partial charge is 0.383 e. The molecule has 1 aromatic rings. The van der Waals surface area contributed by atoms with Crippen LogP contribution >= 0.6 is 54.5 Å². The Morgan fingerprint density at radius 3 is 2.78 bits per heavy atom. The quantitative estimate of drug-likeness (QED) is 0.451. The third-order valence-corrected chi connectivity index (χ3v) is 4.15. The minimum atomic E-state index is 0.0391. The normalized spacial score (nSPS) is 10.4. The maximum absolute atomic E-state index is 12.4. The summed E-state index contributed by atoms with van der Waals surface area (Å²) in [4.78, 5) is 14.2. The summed E-state index contributed by atoms with van der Waals surface area (Å²) in [7, 11) is 1.64. The average Bonchev–Trinajstić information content (AvgIpc) is 2.36. The number of methoxy groups -OCH3 is 1. The first-order valence-electron chi connectivity index (χ1n) is 5.39. The van der Waals surface area contributed by atoms with Crippen molar-refractivity contribution < 1.29 is 9.53 Å². The summed E-state index contributed by atoms with van der Waals surface area (Å²) in [6.07, 6.45) is 0. The second kappa shape index (κ2) is 8.50. The van der Waals surface area contributed by atoms with Crippen molar-refractivity contribution in [2.45, 2.75) is 0 Å². The van der Waals surface area contributed by atoms with Gasteiger partial charge in [-0.3, -0.25) is 4.79 Å². The highest BCUT2D eigenvalue weighted by Crippen LogP contribution is 2.20. The Balaban J connectivity index is 2.90. The van der Waals surface area contributed by atoms with Crippen LogP contribution in [0.2, 0.25) is 0 Å². The van der Waals surface area contributed by atoms with E-state index in [1.165, 1.54) is 0 Å². The van der Waals surface area contributed by atoms with Crippen molar-refractivity contribution in [1.82, 2.24) is 4.90 Å². The summed E-state index contributed by atoms with van der Waals surface area (Å²) in [6, 6.07) is 5.72. The van der Waals surface area contributed by atoms with E-state index in [9.17, 15) is 4.79 Å². The highest BCUT2D eigenvalue weighted by Gasteiger charge is 2.17. The van der Waals surface area contributed by atoms with E-state index in [4.69, 9.17) is 4.74 Å². The van der Waals surface area contributed by atoms with E-state index >= 15 is 0 Å². The first-order valence-corrected chi connectivity index (χ1v) is 8.38. The van der Waals surface area contributed by atoms with Crippen LogP contribution in [-0.2, 0) is 4.74 Å². The molecule has 0 spiro atoms. The molecule has 0 aliphatic heterocycles. The molecule has 0 heterocycles. The first kappa shape index (κ1) is 16.4. The van der Waals surface area contributed by atoms with Gasteiger partial charge >= 0.3 is 0 Å². The van der Waals surface area contributed by atoms with Crippen molar-refractivity contribution in [1.29, 1.82) is 0 Å². The molecule has 0 aromatic heterocycles. The zero-order valence-corrected chi connectivity index (χ0v) is 15.3. The van der Waals surface area contributed by atoms with Gasteiger partial charge in [-0.05, 0) is 40.8 Å². The van der Waals surface area contributed by atoms with E-state index in [0.717, 1.165) is 18.9 Å². The molecule has 0 fully saturated rings. The number of carbonyl (C=O) groups is 1. The monoisotopic (exact) mass is 489 g/mol. The van der Waals surface area contributed by atoms with Crippen LogP contribution in [0.4, 0.5) is 0 Å². The Hall–Kier alpha value is 0.340. The summed E-state index contributed by atoms with van der Waals surface area (Å²) in [5, 5.41) is 0.757. The van der Waals surface area contributed by atoms with Crippen molar-refractivity contribution in [2.24, 2.45) is 0 Å². The molecule has 0 saturated heterocycles. The molecular weight excluding hydrogens is 477 g/mol. The molecule has 100 valence electrons. The predicted octanol–water partition coefficient (Wildman–Crippen LogP) is 3.54. The van der Waals surface area contributed by atoms with Gasteiger partial charge in [0.2, 0.25) is 0 Å². The highest BCUT2D eigenvalue weighted by molar-refractivity contribution is 14.1. The Morgan fingerprint density at radius 2 is 2.17 bits per heavy atom. The summed E-state index contributed by atoms with van der Waals surface area (Å²) in [6.45, 7) is 1.82. The zero-order valence-electron chi connectivity index (χ0n) is 9.96. The maximum Gasteiger partial charge on any atom is 0.255 e. The third-order valence-electron chi connectivity index (χ3n) is 2.37. The minimum Gasteiger partial charge on any atom is -0.383 e. The Kier molecular flexibility index (Phi) is 7.74. The third kappa shape index (κ3) is 4.79. The lowest BCUT2D eigenvalue weighted by Gasteiger charge is -2.22. The second-order valence-electron chi connectivity index (χ2n) is 3.60. The average molecular weight is 491 g/mol. The molecule has 0 N–H and O–H groups in total. The first-order chi connectivity index (χ1) is 8.60. The van der Waals surface area contributed by atoms with Crippen LogP contribution < -0.4 is 0 Å². The molecule has 3 nitrogen and oxygen atoms in total. The van der Waals surface area contributed by atoms with Crippen LogP contribution in [0.5, 0.6) is 0 Å². The van der Waals surface area contributed by atoms with Gasteiger partial charge in [0, 0.05) is 33.6 Å². The lowest BCUT2D eigenvalue weighted by molar-refractivity contribution is 0.0708. The smallest absolute Gasteiger partial charge is 0.255 e. The number of hydrogen-bond donors (Lipinski definition) is 0. The molecule has 0 unspecified atom stereocenters. The van der Waals surface area contributed by atoms with E-state index < -0.39 is 0 Å². The van der Waals surface area contributed by atoms with Crippen molar-refractivity contribution in [3.8, 4) is 0 Å². The predicted molar refractivity (Wildman–Crippen MR) is 88.4 cm³/mol.